The zero-order valence-electron chi connectivity index (χ0n) is 12.1. The number of likely N-dealkylation sites (N-methyl/N-ethyl adjacent to an activating group) is 1. The Hall–Kier alpha value is -1.24. The van der Waals surface area contributed by atoms with E-state index < -0.39 is 15.8 Å². The Labute approximate surface area is 120 Å². The molecule has 0 aromatic heterocycles. The minimum Gasteiger partial charge on any atom is -0.300 e. The van der Waals surface area contributed by atoms with E-state index in [4.69, 9.17) is 5.14 Å². The number of sulfonamides is 1. The second-order valence-electron chi connectivity index (χ2n) is 4.68. The molecule has 0 aliphatic carbocycles. The molecule has 0 saturated carbocycles. The van der Waals surface area contributed by atoms with Gasteiger partial charge >= 0.3 is 0 Å². The fraction of sp³-hybridized carbons (Fsp3) is 0.429. The second kappa shape index (κ2) is 6.97. The molecule has 0 spiro atoms. The van der Waals surface area contributed by atoms with E-state index in [9.17, 15) is 12.8 Å². The number of hydrogen-bond donors (Lipinski definition) is 1. The molecule has 0 bridgehead atoms. The van der Waals surface area contributed by atoms with Gasteiger partial charge in [0.15, 0.2) is 0 Å². The summed E-state index contributed by atoms with van der Waals surface area (Å²) in [5, 5.41) is 5.15. The number of benzene rings is 1. The Morgan fingerprint density at radius 3 is 2.45 bits per heavy atom. The summed E-state index contributed by atoms with van der Waals surface area (Å²) >= 11 is 0. The number of hydrogen-bond acceptors (Lipinski definition) is 3. The Morgan fingerprint density at radius 1 is 1.35 bits per heavy atom. The molecular weight excluding hydrogens is 279 g/mol. The lowest BCUT2D eigenvalue weighted by Crippen LogP contribution is -2.24. The predicted molar refractivity (Wildman–Crippen MR) is 79.2 cm³/mol. The van der Waals surface area contributed by atoms with Crippen LogP contribution in [0.4, 0.5) is 4.39 Å². The molecule has 1 rings (SSSR count). The van der Waals surface area contributed by atoms with Crippen molar-refractivity contribution < 1.29 is 12.8 Å². The molecule has 1 aromatic carbocycles. The summed E-state index contributed by atoms with van der Waals surface area (Å²) in [6.07, 6.45) is 1.67. The molecule has 0 unspecified atom stereocenters. The lowest BCUT2D eigenvalue weighted by atomic mass is 10.1. The van der Waals surface area contributed by atoms with Crippen LogP contribution in [0.3, 0.4) is 0 Å². The first kappa shape index (κ1) is 16.8. The van der Waals surface area contributed by atoms with Crippen LogP contribution in [0.1, 0.15) is 26.3 Å². The first-order valence-corrected chi connectivity index (χ1v) is 8.04. The second-order valence-corrected chi connectivity index (χ2v) is 6.21. The zero-order chi connectivity index (χ0) is 15.3. The maximum absolute atomic E-state index is 13.3. The highest BCUT2D eigenvalue weighted by molar-refractivity contribution is 7.89. The quantitative estimate of drug-likeness (QED) is 0.876. The van der Waals surface area contributed by atoms with Gasteiger partial charge in [0.05, 0.1) is 4.90 Å². The van der Waals surface area contributed by atoms with Crippen LogP contribution < -0.4 is 5.14 Å². The van der Waals surface area contributed by atoms with Crippen molar-refractivity contribution in [2.24, 2.45) is 5.14 Å². The molecule has 0 heterocycles. The summed E-state index contributed by atoms with van der Waals surface area (Å²) in [5.74, 6) is -0.487. The van der Waals surface area contributed by atoms with E-state index in [0.717, 1.165) is 24.7 Å². The van der Waals surface area contributed by atoms with Crippen LogP contribution in [0.15, 0.2) is 28.7 Å². The normalized spacial score (nSPS) is 13.0. The maximum Gasteiger partial charge on any atom is 0.238 e. The van der Waals surface area contributed by atoms with Crippen molar-refractivity contribution in [3.63, 3.8) is 0 Å². The lowest BCUT2D eigenvalue weighted by Gasteiger charge is -2.18. The van der Waals surface area contributed by atoms with Gasteiger partial charge in [-0.25, -0.2) is 17.9 Å². The molecule has 112 valence electrons. The van der Waals surface area contributed by atoms with E-state index in [1.165, 1.54) is 12.1 Å². The highest BCUT2D eigenvalue weighted by atomic mass is 32.2. The Bertz CT molecular complexity index is 593. The smallest absolute Gasteiger partial charge is 0.238 e. The average molecular weight is 300 g/mol. The van der Waals surface area contributed by atoms with Crippen molar-refractivity contribution in [2.75, 3.05) is 19.6 Å². The van der Waals surface area contributed by atoms with Crippen LogP contribution in [0, 0.1) is 5.82 Å². The zero-order valence-corrected chi connectivity index (χ0v) is 12.9. The molecule has 4 nitrogen and oxygen atoms in total. The van der Waals surface area contributed by atoms with Crippen molar-refractivity contribution in [3.8, 4) is 0 Å². The summed E-state index contributed by atoms with van der Waals surface area (Å²) in [6.45, 7) is 8.48. The lowest BCUT2D eigenvalue weighted by molar-refractivity contribution is 0.330. The van der Waals surface area contributed by atoms with Crippen molar-refractivity contribution >= 4 is 16.1 Å². The molecule has 0 aliphatic rings. The van der Waals surface area contributed by atoms with Gasteiger partial charge in [0, 0.05) is 6.54 Å². The van der Waals surface area contributed by atoms with E-state index in [2.05, 4.69) is 18.7 Å². The number of primary sulfonamides is 1. The van der Waals surface area contributed by atoms with Gasteiger partial charge in [-0.05, 0) is 43.8 Å². The predicted octanol–water partition coefficient (Wildman–Crippen LogP) is 2.22. The summed E-state index contributed by atoms with van der Waals surface area (Å²) in [4.78, 5) is 2.12. The molecule has 1 aromatic rings. The van der Waals surface area contributed by atoms with Crippen LogP contribution in [0.25, 0.3) is 6.08 Å². The Kier molecular flexibility index (Phi) is 5.86. The number of rotatable bonds is 6. The Balaban J connectivity index is 3.16. The molecule has 0 aliphatic heterocycles. The molecule has 20 heavy (non-hydrogen) atoms. The fourth-order valence-corrected chi connectivity index (χ4v) is 2.71. The van der Waals surface area contributed by atoms with Gasteiger partial charge in [0.2, 0.25) is 10.0 Å². The van der Waals surface area contributed by atoms with Crippen molar-refractivity contribution in [1.82, 2.24) is 4.90 Å². The van der Waals surface area contributed by atoms with Gasteiger partial charge in [-0.2, -0.15) is 0 Å². The largest absolute Gasteiger partial charge is 0.300 e. The summed E-state index contributed by atoms with van der Waals surface area (Å²) in [5.41, 5.74) is 1.24. The third-order valence-electron chi connectivity index (χ3n) is 3.05. The SMILES string of the molecule is CCN(CC)C/C(C)=C\c1cc(F)ccc1S(N)(=O)=O. The third kappa shape index (κ3) is 4.70. The van der Waals surface area contributed by atoms with E-state index in [1.54, 1.807) is 6.08 Å². The summed E-state index contributed by atoms with van der Waals surface area (Å²) in [7, 11) is -3.86. The van der Waals surface area contributed by atoms with E-state index in [1.807, 2.05) is 6.92 Å². The van der Waals surface area contributed by atoms with Crippen LogP contribution >= 0.6 is 0 Å². The topological polar surface area (TPSA) is 63.4 Å². The van der Waals surface area contributed by atoms with Crippen LogP contribution in [0.2, 0.25) is 0 Å². The highest BCUT2D eigenvalue weighted by Crippen LogP contribution is 2.19. The highest BCUT2D eigenvalue weighted by Gasteiger charge is 2.13. The van der Waals surface area contributed by atoms with Gasteiger partial charge in [0.25, 0.3) is 0 Å². The molecule has 0 amide bonds. The minimum atomic E-state index is -3.86. The van der Waals surface area contributed by atoms with Gasteiger partial charge in [-0.3, -0.25) is 4.90 Å². The van der Waals surface area contributed by atoms with Gasteiger partial charge in [-0.15, -0.1) is 0 Å². The molecule has 0 radical (unpaired) electrons. The van der Waals surface area contributed by atoms with Crippen LogP contribution in [0.5, 0.6) is 0 Å². The molecular formula is C14H21FN2O2S. The van der Waals surface area contributed by atoms with Crippen LogP contribution in [-0.4, -0.2) is 33.0 Å². The molecule has 6 heteroatoms. The molecule has 0 saturated heterocycles. The molecule has 2 N–H and O–H groups in total. The van der Waals surface area contributed by atoms with E-state index >= 15 is 0 Å². The van der Waals surface area contributed by atoms with E-state index in [0.29, 0.717) is 6.54 Å². The fourth-order valence-electron chi connectivity index (χ4n) is 2.00. The summed E-state index contributed by atoms with van der Waals surface area (Å²) in [6, 6.07) is 3.48. The standard InChI is InChI=1S/C14H21FN2O2S/c1-4-17(5-2)10-11(3)8-12-9-13(15)6-7-14(12)20(16,18)19/h6-9H,4-5,10H2,1-3H3,(H2,16,18,19)/b11-8-. The van der Waals surface area contributed by atoms with Crippen LogP contribution in [-0.2, 0) is 10.0 Å². The molecule has 0 fully saturated rings. The monoisotopic (exact) mass is 300 g/mol. The van der Waals surface area contributed by atoms with Crippen molar-refractivity contribution in [2.45, 2.75) is 25.7 Å². The maximum atomic E-state index is 13.3. The number of halogens is 1. The molecule has 0 atom stereocenters. The number of nitrogens with two attached hydrogens (primary N) is 1. The summed E-state index contributed by atoms with van der Waals surface area (Å²) < 4.78 is 36.3. The van der Waals surface area contributed by atoms with Gasteiger partial charge in [0.1, 0.15) is 5.82 Å². The Morgan fingerprint density at radius 2 is 1.95 bits per heavy atom. The van der Waals surface area contributed by atoms with Crippen molar-refractivity contribution in [1.29, 1.82) is 0 Å². The number of nitrogens with zero attached hydrogens (tertiary/aromatic N) is 1. The average Bonchev–Trinajstić information content (AvgIpc) is 2.34. The van der Waals surface area contributed by atoms with Gasteiger partial charge in [-0.1, -0.05) is 25.5 Å². The first-order valence-electron chi connectivity index (χ1n) is 6.49. The third-order valence-corrected chi connectivity index (χ3v) is 4.03. The van der Waals surface area contributed by atoms with Gasteiger partial charge < -0.3 is 0 Å². The first-order chi connectivity index (χ1) is 9.27. The van der Waals surface area contributed by atoms with E-state index in [-0.39, 0.29) is 10.5 Å². The minimum absolute atomic E-state index is 0.0576. The van der Waals surface area contributed by atoms with Crippen molar-refractivity contribution in [3.05, 3.63) is 35.2 Å².